The second kappa shape index (κ2) is 9.26. The number of fused-ring (bicyclic) bond motifs is 3. The molecule has 0 aliphatic carbocycles. The van der Waals surface area contributed by atoms with E-state index in [0.717, 1.165) is 21.3 Å². The van der Waals surface area contributed by atoms with Crippen LogP contribution in [0.2, 0.25) is 10.0 Å². The molecule has 10 heteroatoms. The number of aromatic carboxylic acids is 1. The van der Waals surface area contributed by atoms with Gasteiger partial charge in [-0.05, 0) is 48.0 Å². The van der Waals surface area contributed by atoms with Gasteiger partial charge in [0.25, 0.3) is 0 Å². The van der Waals surface area contributed by atoms with Gasteiger partial charge in [-0.3, -0.25) is 0 Å². The highest BCUT2D eigenvalue weighted by atomic mass is 79.9. The van der Waals surface area contributed by atoms with Gasteiger partial charge in [0.15, 0.2) is 11.5 Å². The summed E-state index contributed by atoms with van der Waals surface area (Å²) >= 11 is 15.9. The van der Waals surface area contributed by atoms with Crippen molar-refractivity contribution in [2.75, 3.05) is 14.2 Å². The van der Waals surface area contributed by atoms with Gasteiger partial charge in [-0.1, -0.05) is 45.2 Å². The fourth-order valence-electron chi connectivity index (χ4n) is 4.48. The van der Waals surface area contributed by atoms with Crippen molar-refractivity contribution < 1.29 is 24.1 Å². The molecule has 2 unspecified atom stereocenters. The average molecular weight is 578 g/mol. The lowest BCUT2D eigenvalue weighted by Crippen LogP contribution is -2.34. The molecule has 7 nitrogen and oxygen atoms in total. The summed E-state index contributed by atoms with van der Waals surface area (Å²) in [5.41, 5.74) is 2.90. The van der Waals surface area contributed by atoms with E-state index in [1.54, 1.807) is 29.3 Å². The van der Waals surface area contributed by atoms with Crippen LogP contribution in [0, 0.1) is 0 Å². The SMILES string of the molecule is COc1ccc(C2Oc3ccc(Br)cc3C3CC(c4ccc(Cl)c(Cl)c4)=NN32)c(C(=O)O)c1OC. The van der Waals surface area contributed by atoms with Gasteiger partial charge in [-0.25, -0.2) is 9.80 Å². The minimum absolute atomic E-state index is 0.0469. The smallest absolute Gasteiger partial charge is 0.340 e. The van der Waals surface area contributed by atoms with E-state index in [2.05, 4.69) is 15.9 Å². The molecule has 2 atom stereocenters. The topological polar surface area (TPSA) is 80.6 Å². The Balaban J connectivity index is 1.68. The number of hydrogen-bond donors (Lipinski definition) is 1. The lowest BCUT2D eigenvalue weighted by atomic mass is 9.95. The molecule has 3 aromatic rings. The molecule has 0 fully saturated rings. The third kappa shape index (κ3) is 4.09. The van der Waals surface area contributed by atoms with Crippen molar-refractivity contribution in [1.29, 1.82) is 0 Å². The van der Waals surface area contributed by atoms with Crippen LogP contribution in [0.5, 0.6) is 17.2 Å². The Kier molecular flexibility index (Phi) is 6.29. The van der Waals surface area contributed by atoms with Crippen molar-refractivity contribution in [3.05, 3.63) is 85.3 Å². The van der Waals surface area contributed by atoms with E-state index in [9.17, 15) is 9.90 Å². The third-order valence-electron chi connectivity index (χ3n) is 6.06. The van der Waals surface area contributed by atoms with E-state index in [0.29, 0.717) is 33.5 Å². The quantitative estimate of drug-likeness (QED) is 0.363. The first kappa shape index (κ1) is 23.8. The number of carbonyl (C=O) groups is 1. The van der Waals surface area contributed by atoms with Crippen LogP contribution in [0.4, 0.5) is 0 Å². The maximum atomic E-state index is 12.4. The number of carboxylic acids is 1. The fourth-order valence-corrected chi connectivity index (χ4v) is 5.16. The Bertz CT molecular complexity index is 1380. The number of halogens is 3. The predicted octanol–water partition coefficient (Wildman–Crippen LogP) is 6.71. The summed E-state index contributed by atoms with van der Waals surface area (Å²) in [7, 11) is 2.86. The Morgan fingerprint density at radius 1 is 1.09 bits per heavy atom. The molecule has 35 heavy (non-hydrogen) atoms. The lowest BCUT2D eigenvalue weighted by molar-refractivity contribution is -0.0199. The molecule has 0 saturated carbocycles. The van der Waals surface area contributed by atoms with Gasteiger partial charge < -0.3 is 19.3 Å². The van der Waals surface area contributed by atoms with Crippen molar-refractivity contribution in [3.63, 3.8) is 0 Å². The molecule has 2 heterocycles. The summed E-state index contributed by atoms with van der Waals surface area (Å²) in [6, 6.07) is 14.2. The molecule has 0 radical (unpaired) electrons. The molecular formula is C25H19BrCl2N2O5. The number of carboxylic acid groups (broad SMARTS) is 1. The van der Waals surface area contributed by atoms with Crippen molar-refractivity contribution in [3.8, 4) is 17.2 Å². The normalized spacial score (nSPS) is 18.3. The Morgan fingerprint density at radius 2 is 1.89 bits per heavy atom. The van der Waals surface area contributed by atoms with E-state index in [1.165, 1.54) is 14.2 Å². The zero-order chi connectivity index (χ0) is 24.9. The average Bonchev–Trinajstić information content (AvgIpc) is 3.30. The summed E-state index contributed by atoms with van der Waals surface area (Å²) in [5, 5.41) is 17.7. The highest BCUT2D eigenvalue weighted by molar-refractivity contribution is 9.10. The molecule has 0 amide bonds. The fraction of sp³-hybridized carbons (Fsp3) is 0.200. The number of hydrogen-bond acceptors (Lipinski definition) is 6. The van der Waals surface area contributed by atoms with Gasteiger partial charge in [0.1, 0.15) is 11.3 Å². The Labute approximate surface area is 219 Å². The van der Waals surface area contributed by atoms with Crippen molar-refractivity contribution in [2.45, 2.75) is 18.7 Å². The third-order valence-corrected chi connectivity index (χ3v) is 7.29. The monoisotopic (exact) mass is 576 g/mol. The second-order valence-electron chi connectivity index (χ2n) is 8.00. The summed E-state index contributed by atoms with van der Waals surface area (Å²) in [4.78, 5) is 12.4. The standard InChI is InChI=1S/C25H19BrCl2N2O5/c1-33-21-8-5-14(22(25(31)32)23(21)34-2)24-30-19(15-10-13(26)4-7-20(15)35-24)11-18(29-30)12-3-6-16(27)17(28)9-12/h3-10,19,24H,11H2,1-2H3,(H,31,32). The summed E-state index contributed by atoms with van der Waals surface area (Å²) in [6.45, 7) is 0. The van der Waals surface area contributed by atoms with Crippen LogP contribution < -0.4 is 14.2 Å². The lowest BCUT2D eigenvalue weighted by Gasteiger charge is -2.38. The van der Waals surface area contributed by atoms with Gasteiger partial charge in [0, 0.05) is 22.0 Å². The van der Waals surface area contributed by atoms with Crippen molar-refractivity contribution in [1.82, 2.24) is 5.01 Å². The molecular weight excluding hydrogens is 559 g/mol. The summed E-state index contributed by atoms with van der Waals surface area (Å²) < 4.78 is 18.0. The van der Waals surface area contributed by atoms with E-state index in [4.69, 9.17) is 42.5 Å². The zero-order valence-corrected chi connectivity index (χ0v) is 21.7. The summed E-state index contributed by atoms with van der Waals surface area (Å²) in [5.74, 6) is -0.0829. The molecule has 1 N–H and O–H groups in total. The molecule has 180 valence electrons. The first-order chi connectivity index (χ1) is 16.8. The molecule has 5 rings (SSSR count). The van der Waals surface area contributed by atoms with Crippen LogP contribution in [0.1, 0.15) is 45.7 Å². The zero-order valence-electron chi connectivity index (χ0n) is 18.6. The Morgan fingerprint density at radius 3 is 2.57 bits per heavy atom. The largest absolute Gasteiger partial charge is 0.493 e. The van der Waals surface area contributed by atoms with E-state index < -0.39 is 12.2 Å². The van der Waals surface area contributed by atoms with Crippen LogP contribution in [0.3, 0.4) is 0 Å². The van der Waals surface area contributed by atoms with Crippen LogP contribution in [0.15, 0.2) is 58.1 Å². The number of nitrogens with zero attached hydrogens (tertiary/aromatic N) is 2. The van der Waals surface area contributed by atoms with Crippen molar-refractivity contribution >= 4 is 50.8 Å². The predicted molar refractivity (Wildman–Crippen MR) is 136 cm³/mol. The minimum Gasteiger partial charge on any atom is -0.493 e. The molecule has 0 aromatic heterocycles. The highest BCUT2D eigenvalue weighted by Gasteiger charge is 2.43. The number of benzene rings is 3. The van der Waals surface area contributed by atoms with Gasteiger partial charge in [-0.15, -0.1) is 0 Å². The molecule has 2 aliphatic rings. The van der Waals surface area contributed by atoms with E-state index >= 15 is 0 Å². The summed E-state index contributed by atoms with van der Waals surface area (Å²) in [6.07, 6.45) is -0.253. The maximum absolute atomic E-state index is 12.4. The molecule has 3 aromatic carbocycles. The van der Waals surface area contributed by atoms with Crippen LogP contribution >= 0.6 is 39.1 Å². The van der Waals surface area contributed by atoms with Gasteiger partial charge >= 0.3 is 5.97 Å². The van der Waals surface area contributed by atoms with Crippen molar-refractivity contribution in [2.24, 2.45) is 5.10 Å². The van der Waals surface area contributed by atoms with Crippen LogP contribution in [-0.2, 0) is 0 Å². The number of methoxy groups -OCH3 is 2. The second-order valence-corrected chi connectivity index (χ2v) is 9.73. The van der Waals surface area contributed by atoms with E-state index in [-0.39, 0.29) is 17.4 Å². The number of ether oxygens (including phenoxy) is 3. The minimum atomic E-state index is -1.16. The molecule has 0 spiro atoms. The molecule has 2 aliphatic heterocycles. The number of hydrazone groups is 1. The Hall–Kier alpha value is -2.94. The van der Waals surface area contributed by atoms with Gasteiger partial charge in [0.05, 0.1) is 36.0 Å². The molecule has 0 saturated heterocycles. The maximum Gasteiger partial charge on any atom is 0.340 e. The molecule has 0 bridgehead atoms. The highest BCUT2D eigenvalue weighted by Crippen LogP contribution is 2.50. The van der Waals surface area contributed by atoms with Crippen LogP contribution in [-0.4, -0.2) is 36.0 Å². The number of rotatable bonds is 5. The van der Waals surface area contributed by atoms with Crippen LogP contribution in [0.25, 0.3) is 0 Å². The first-order valence-electron chi connectivity index (χ1n) is 10.6. The van der Waals surface area contributed by atoms with Gasteiger partial charge in [0.2, 0.25) is 6.23 Å². The van der Waals surface area contributed by atoms with E-state index in [1.807, 2.05) is 24.3 Å². The van der Waals surface area contributed by atoms with Gasteiger partial charge in [-0.2, -0.15) is 5.10 Å². The first-order valence-corrected chi connectivity index (χ1v) is 12.1.